The van der Waals surface area contributed by atoms with Gasteiger partial charge in [0.15, 0.2) is 0 Å². The van der Waals surface area contributed by atoms with Crippen LogP contribution < -0.4 is 10.3 Å². The van der Waals surface area contributed by atoms with Crippen molar-refractivity contribution < 1.29 is 24.1 Å². The molecule has 31 heavy (non-hydrogen) atoms. The minimum absolute atomic E-state index is 0.0972. The Morgan fingerprint density at radius 1 is 1.39 bits per heavy atom. The fourth-order valence-electron chi connectivity index (χ4n) is 5.11. The zero-order valence-corrected chi connectivity index (χ0v) is 18.3. The smallest absolute Gasteiger partial charge is 0.341 e. The number of carboxylic acid groups (broad SMARTS) is 1. The lowest BCUT2D eigenvalue weighted by Gasteiger charge is -2.29. The predicted molar refractivity (Wildman–Crippen MR) is 116 cm³/mol. The molecule has 1 saturated carbocycles. The number of aromatic carboxylic acids is 1. The number of fused-ring (bicyclic) bond motifs is 1. The van der Waals surface area contributed by atoms with Gasteiger partial charge in [-0.15, -0.1) is 0 Å². The number of hydrogen-bond donors (Lipinski definition) is 2. The second kappa shape index (κ2) is 7.60. The van der Waals surface area contributed by atoms with E-state index >= 15 is 4.39 Å². The predicted octanol–water partition coefficient (Wildman–Crippen LogP) is 2.95. The normalized spacial score (nSPS) is 21.6. The molecule has 1 saturated heterocycles. The van der Waals surface area contributed by atoms with Crippen molar-refractivity contribution in [2.24, 2.45) is 11.3 Å². The van der Waals surface area contributed by atoms with E-state index in [1.54, 1.807) is 14.0 Å². The lowest BCUT2D eigenvalue weighted by Crippen LogP contribution is -2.35. The van der Waals surface area contributed by atoms with Gasteiger partial charge in [0.1, 0.15) is 11.4 Å². The van der Waals surface area contributed by atoms with Gasteiger partial charge < -0.3 is 24.4 Å². The van der Waals surface area contributed by atoms with E-state index in [0.717, 1.165) is 12.8 Å². The van der Waals surface area contributed by atoms with Crippen molar-refractivity contribution in [3.63, 3.8) is 0 Å². The number of aryl methyl sites for hydroxylation is 1. The minimum Gasteiger partial charge on any atom is -0.477 e. The third-order valence-corrected chi connectivity index (χ3v) is 6.79. The molecule has 7 nitrogen and oxygen atoms in total. The first-order valence-electron chi connectivity index (χ1n) is 10.6. The van der Waals surface area contributed by atoms with Crippen molar-refractivity contribution in [1.82, 2.24) is 4.57 Å². The summed E-state index contributed by atoms with van der Waals surface area (Å²) in [4.78, 5) is 26.3. The number of halogens is 1. The van der Waals surface area contributed by atoms with Crippen LogP contribution in [-0.4, -0.2) is 53.7 Å². The van der Waals surface area contributed by atoms with Crippen LogP contribution in [0.4, 0.5) is 10.1 Å². The quantitative estimate of drug-likeness (QED) is 0.729. The Bertz CT molecular complexity index is 1110. The van der Waals surface area contributed by atoms with Crippen molar-refractivity contribution in [3.8, 4) is 0 Å². The van der Waals surface area contributed by atoms with Gasteiger partial charge in [-0.05, 0) is 36.8 Å². The first-order chi connectivity index (χ1) is 14.6. The molecule has 168 valence electrons. The highest BCUT2D eigenvalue weighted by molar-refractivity contribution is 5.95. The molecule has 0 bridgehead atoms. The SMILES string of the molecule is COCC(O)C1CN(c2c(F)cc3c(=O)c(C(=O)O)cn(C4CC4)c3c2C)CC1(C)C. The first-order valence-corrected chi connectivity index (χ1v) is 10.6. The van der Waals surface area contributed by atoms with Crippen LogP contribution in [0.1, 0.15) is 48.7 Å². The van der Waals surface area contributed by atoms with E-state index in [1.807, 2.05) is 23.3 Å². The fourth-order valence-corrected chi connectivity index (χ4v) is 5.11. The molecule has 2 N–H and O–H groups in total. The molecule has 1 aromatic heterocycles. The Balaban J connectivity index is 1.87. The van der Waals surface area contributed by atoms with Crippen LogP contribution in [0.25, 0.3) is 10.9 Å². The second-order valence-electron chi connectivity index (χ2n) is 9.54. The monoisotopic (exact) mass is 432 g/mol. The topological polar surface area (TPSA) is 92.0 Å². The summed E-state index contributed by atoms with van der Waals surface area (Å²) in [5.41, 5.74) is 0.347. The van der Waals surface area contributed by atoms with Gasteiger partial charge in [-0.2, -0.15) is 0 Å². The van der Waals surface area contributed by atoms with E-state index in [9.17, 15) is 19.8 Å². The van der Waals surface area contributed by atoms with Crippen molar-refractivity contribution in [3.05, 3.63) is 39.4 Å². The number of benzene rings is 1. The molecule has 0 amide bonds. The summed E-state index contributed by atoms with van der Waals surface area (Å²) >= 11 is 0. The molecule has 1 aliphatic carbocycles. The van der Waals surface area contributed by atoms with Crippen LogP contribution >= 0.6 is 0 Å². The summed E-state index contributed by atoms with van der Waals surface area (Å²) in [6, 6.07) is 1.29. The van der Waals surface area contributed by atoms with Gasteiger partial charge in [-0.3, -0.25) is 4.79 Å². The molecule has 2 aromatic rings. The maximum absolute atomic E-state index is 15.4. The van der Waals surface area contributed by atoms with Crippen molar-refractivity contribution >= 4 is 22.6 Å². The van der Waals surface area contributed by atoms with Gasteiger partial charge in [-0.1, -0.05) is 13.8 Å². The zero-order valence-electron chi connectivity index (χ0n) is 18.3. The number of anilines is 1. The van der Waals surface area contributed by atoms with E-state index < -0.39 is 23.3 Å². The third kappa shape index (κ3) is 3.61. The van der Waals surface area contributed by atoms with Crippen LogP contribution in [0.3, 0.4) is 0 Å². The zero-order chi connectivity index (χ0) is 22.7. The third-order valence-electron chi connectivity index (χ3n) is 6.79. The minimum atomic E-state index is -1.31. The molecule has 2 aliphatic rings. The number of aliphatic hydroxyl groups is 1. The molecule has 2 unspecified atom stereocenters. The standard InChI is InChI=1S/C23H29FN2O5/c1-12-19-14(21(28)15(22(29)30)8-26(19)13-5-6-13)7-17(24)20(12)25-9-16(18(27)10-31-4)23(2,3)11-25/h7-8,13,16,18,27H,5-6,9-11H2,1-4H3,(H,29,30). The van der Waals surface area contributed by atoms with Crippen molar-refractivity contribution in [2.75, 3.05) is 31.7 Å². The van der Waals surface area contributed by atoms with Crippen molar-refractivity contribution in [2.45, 2.75) is 45.8 Å². The summed E-state index contributed by atoms with van der Waals surface area (Å²) in [5.74, 6) is -1.97. The van der Waals surface area contributed by atoms with Crippen LogP contribution in [0.2, 0.25) is 0 Å². The van der Waals surface area contributed by atoms with E-state index in [2.05, 4.69) is 0 Å². The highest BCUT2D eigenvalue weighted by atomic mass is 19.1. The Morgan fingerprint density at radius 2 is 2.06 bits per heavy atom. The lowest BCUT2D eigenvalue weighted by molar-refractivity contribution is 0.00176. The number of carbonyl (C=O) groups is 1. The van der Waals surface area contributed by atoms with E-state index in [-0.39, 0.29) is 34.9 Å². The summed E-state index contributed by atoms with van der Waals surface area (Å²) in [5, 5.41) is 20.1. The maximum atomic E-state index is 15.4. The number of aliphatic hydroxyl groups excluding tert-OH is 1. The molecule has 2 fully saturated rings. The first kappa shape index (κ1) is 21.8. The lowest BCUT2D eigenvalue weighted by atomic mass is 9.79. The van der Waals surface area contributed by atoms with Crippen molar-refractivity contribution in [1.29, 1.82) is 0 Å². The number of carboxylic acids is 1. The Morgan fingerprint density at radius 3 is 2.65 bits per heavy atom. The van der Waals surface area contributed by atoms with Crippen LogP contribution in [0.15, 0.2) is 17.1 Å². The number of methoxy groups -OCH3 is 1. The molecule has 1 aromatic carbocycles. The number of aromatic nitrogens is 1. The summed E-state index contributed by atoms with van der Waals surface area (Å²) in [6.07, 6.45) is 2.52. The molecule has 0 radical (unpaired) electrons. The number of hydrogen-bond acceptors (Lipinski definition) is 5. The Hall–Kier alpha value is -2.45. The van der Waals surface area contributed by atoms with Crippen LogP contribution in [0, 0.1) is 24.1 Å². The maximum Gasteiger partial charge on any atom is 0.341 e. The van der Waals surface area contributed by atoms with E-state index in [0.29, 0.717) is 29.9 Å². The van der Waals surface area contributed by atoms with Gasteiger partial charge in [-0.25, -0.2) is 9.18 Å². The molecule has 1 aliphatic heterocycles. The Kier molecular flexibility index (Phi) is 5.34. The highest BCUT2D eigenvalue weighted by Crippen LogP contribution is 2.44. The van der Waals surface area contributed by atoms with Gasteiger partial charge in [0.25, 0.3) is 0 Å². The van der Waals surface area contributed by atoms with E-state index in [1.165, 1.54) is 12.3 Å². The van der Waals surface area contributed by atoms with Gasteiger partial charge in [0.2, 0.25) is 5.43 Å². The highest BCUT2D eigenvalue weighted by Gasteiger charge is 2.44. The molecule has 4 rings (SSSR count). The number of pyridine rings is 1. The van der Waals surface area contributed by atoms with E-state index in [4.69, 9.17) is 4.74 Å². The van der Waals surface area contributed by atoms with Crippen LogP contribution in [0.5, 0.6) is 0 Å². The van der Waals surface area contributed by atoms with Gasteiger partial charge in [0.05, 0.1) is 23.9 Å². The number of nitrogens with zero attached hydrogens (tertiary/aromatic N) is 2. The summed E-state index contributed by atoms with van der Waals surface area (Å²) in [6.45, 7) is 7.09. The number of ether oxygens (including phenoxy) is 1. The molecule has 8 heteroatoms. The fraction of sp³-hybridized carbons (Fsp3) is 0.565. The molecule has 2 heterocycles. The average Bonchev–Trinajstić information content (AvgIpc) is 3.46. The molecule has 2 atom stereocenters. The van der Waals surface area contributed by atoms with Gasteiger partial charge >= 0.3 is 5.97 Å². The summed E-state index contributed by atoms with van der Waals surface area (Å²) in [7, 11) is 1.54. The van der Waals surface area contributed by atoms with Crippen LogP contribution in [-0.2, 0) is 4.74 Å². The average molecular weight is 432 g/mol. The second-order valence-corrected chi connectivity index (χ2v) is 9.54. The Labute approximate surface area is 180 Å². The number of rotatable bonds is 6. The molecule has 0 spiro atoms. The van der Waals surface area contributed by atoms with Gasteiger partial charge in [0, 0.05) is 43.7 Å². The molecular weight excluding hydrogens is 403 g/mol. The molecular formula is C23H29FN2O5. The largest absolute Gasteiger partial charge is 0.477 e. The summed E-state index contributed by atoms with van der Waals surface area (Å²) < 4.78 is 22.3.